The second-order valence-corrected chi connectivity index (χ2v) is 8.29. The molecule has 0 bridgehead atoms. The van der Waals surface area contributed by atoms with E-state index >= 15 is 0 Å². The van der Waals surface area contributed by atoms with Crippen LogP contribution >= 0.6 is 0 Å². The summed E-state index contributed by atoms with van der Waals surface area (Å²) in [5.74, 6) is 0.617. The molecule has 2 heterocycles. The summed E-state index contributed by atoms with van der Waals surface area (Å²) in [4.78, 5) is 8.45. The molecule has 0 fully saturated rings. The van der Waals surface area contributed by atoms with Crippen molar-refractivity contribution in [1.82, 2.24) is 9.97 Å². The van der Waals surface area contributed by atoms with Crippen molar-refractivity contribution in [1.29, 1.82) is 0 Å². The first-order chi connectivity index (χ1) is 12.9. The molecule has 2 nitrogen and oxygen atoms in total. The van der Waals surface area contributed by atoms with E-state index in [1.165, 1.54) is 17.3 Å². The molecule has 0 aliphatic carbocycles. The third kappa shape index (κ3) is 8.45. The van der Waals surface area contributed by atoms with E-state index in [2.05, 4.69) is 56.7 Å². The highest BCUT2D eigenvalue weighted by Gasteiger charge is 2.15. The predicted molar refractivity (Wildman–Crippen MR) is 116 cm³/mol. The minimum absolute atomic E-state index is 0.0945. The maximum atomic E-state index is 12.5. The van der Waals surface area contributed by atoms with Crippen molar-refractivity contribution in [2.45, 2.75) is 92.9 Å². The monoisotopic (exact) mass is 392 g/mol. The number of rotatable bonds is 3. The van der Waals surface area contributed by atoms with Gasteiger partial charge in [-0.25, -0.2) is 8.78 Å². The van der Waals surface area contributed by atoms with Crippen LogP contribution in [0.15, 0.2) is 30.6 Å². The Morgan fingerprint density at radius 1 is 0.821 bits per heavy atom. The molecule has 0 aliphatic heterocycles. The average Bonchev–Trinajstić information content (AvgIpc) is 2.63. The standard InChI is InChI=1S/C12H19N.C10H13F2N.C2H6/c1-9(2)11-7-6-10(8-13-11)12(3,4)5;1-6(2)9-5-13-7(3)4-8(9)10(11)12;1-2/h6-9H,1-5H3;4-6,10H,1-3H3;1-2H3. The van der Waals surface area contributed by atoms with Gasteiger partial charge in [-0.15, -0.1) is 0 Å². The summed E-state index contributed by atoms with van der Waals surface area (Å²) >= 11 is 0. The van der Waals surface area contributed by atoms with Gasteiger partial charge in [-0.2, -0.15) is 0 Å². The Morgan fingerprint density at radius 2 is 1.39 bits per heavy atom. The molecule has 2 rings (SSSR count). The molecule has 0 aromatic carbocycles. The van der Waals surface area contributed by atoms with Crippen molar-refractivity contribution >= 4 is 0 Å². The Hall–Kier alpha value is -1.84. The normalized spacial score (nSPS) is 11.1. The van der Waals surface area contributed by atoms with Gasteiger partial charge in [-0.3, -0.25) is 9.97 Å². The van der Waals surface area contributed by atoms with Crippen molar-refractivity contribution in [3.8, 4) is 0 Å². The Balaban J connectivity index is 0.000000478. The fourth-order valence-corrected chi connectivity index (χ4v) is 2.45. The second-order valence-electron chi connectivity index (χ2n) is 8.29. The molecule has 0 radical (unpaired) electrons. The molecule has 0 aliphatic rings. The zero-order valence-electron chi connectivity index (χ0n) is 19.3. The quantitative estimate of drug-likeness (QED) is 0.529. The number of hydrogen-bond acceptors (Lipinski definition) is 2. The Kier molecular flexibility index (Phi) is 11.1. The van der Waals surface area contributed by atoms with E-state index in [0.29, 0.717) is 17.2 Å². The number of aryl methyl sites for hydroxylation is 1. The maximum absolute atomic E-state index is 12.5. The third-order valence-corrected chi connectivity index (χ3v) is 4.21. The Labute approximate surface area is 170 Å². The number of nitrogens with zero attached hydrogens (tertiary/aromatic N) is 2. The zero-order chi connectivity index (χ0) is 22.1. The van der Waals surface area contributed by atoms with Crippen LogP contribution in [0.2, 0.25) is 0 Å². The number of aromatic nitrogens is 2. The Morgan fingerprint density at radius 3 is 1.75 bits per heavy atom. The Bertz CT molecular complexity index is 685. The van der Waals surface area contributed by atoms with Gasteiger partial charge in [0.2, 0.25) is 0 Å². The van der Waals surface area contributed by atoms with E-state index < -0.39 is 6.43 Å². The molecule has 0 saturated heterocycles. The number of pyridine rings is 2. The van der Waals surface area contributed by atoms with E-state index in [1.54, 1.807) is 13.1 Å². The summed E-state index contributed by atoms with van der Waals surface area (Å²) in [6, 6.07) is 5.77. The van der Waals surface area contributed by atoms with Crippen LogP contribution in [0.1, 0.15) is 109 Å². The van der Waals surface area contributed by atoms with E-state index in [4.69, 9.17) is 0 Å². The molecule has 0 atom stereocenters. The van der Waals surface area contributed by atoms with Crippen LogP contribution in [0.3, 0.4) is 0 Å². The smallest absolute Gasteiger partial charge is 0.261 e. The lowest BCUT2D eigenvalue weighted by molar-refractivity contribution is 0.149. The average molecular weight is 393 g/mol. The first kappa shape index (κ1) is 26.2. The van der Waals surface area contributed by atoms with Gasteiger partial charge in [0, 0.05) is 29.3 Å². The van der Waals surface area contributed by atoms with Crippen LogP contribution < -0.4 is 0 Å². The molecule has 0 amide bonds. The SMILES string of the molecule is CC.CC(C)c1ccc(C(C)(C)C)cn1.Cc1cc(C(F)F)c(C(C)C)cn1. The van der Waals surface area contributed by atoms with E-state index in [9.17, 15) is 8.78 Å². The van der Waals surface area contributed by atoms with Crippen molar-refractivity contribution in [3.05, 3.63) is 58.7 Å². The molecular formula is C24H38F2N2. The number of alkyl halides is 2. The van der Waals surface area contributed by atoms with Gasteiger partial charge >= 0.3 is 0 Å². The minimum Gasteiger partial charge on any atom is -0.261 e. The molecule has 2 aromatic rings. The molecule has 0 spiro atoms. The van der Waals surface area contributed by atoms with Crippen LogP contribution in [-0.4, -0.2) is 9.97 Å². The summed E-state index contributed by atoms with van der Waals surface area (Å²) in [6.45, 7) is 20.4. The van der Waals surface area contributed by atoms with Crippen molar-refractivity contribution in [2.24, 2.45) is 0 Å². The summed E-state index contributed by atoms with van der Waals surface area (Å²) in [5.41, 5.74) is 4.08. The van der Waals surface area contributed by atoms with Gasteiger partial charge in [0.15, 0.2) is 0 Å². The zero-order valence-corrected chi connectivity index (χ0v) is 19.3. The first-order valence-corrected chi connectivity index (χ1v) is 10.1. The molecule has 4 heteroatoms. The third-order valence-electron chi connectivity index (χ3n) is 4.21. The molecule has 28 heavy (non-hydrogen) atoms. The lowest BCUT2D eigenvalue weighted by atomic mass is 9.88. The van der Waals surface area contributed by atoms with Crippen LogP contribution in [0.4, 0.5) is 8.78 Å². The molecular weight excluding hydrogens is 354 g/mol. The van der Waals surface area contributed by atoms with Crippen LogP contribution in [-0.2, 0) is 5.41 Å². The van der Waals surface area contributed by atoms with E-state index in [0.717, 1.165) is 0 Å². The fraction of sp³-hybridized carbons (Fsp3) is 0.583. The number of hydrogen-bond donors (Lipinski definition) is 0. The topological polar surface area (TPSA) is 25.8 Å². The van der Waals surface area contributed by atoms with Gasteiger partial charge in [0.1, 0.15) is 0 Å². The molecule has 0 N–H and O–H groups in total. The van der Waals surface area contributed by atoms with Gasteiger partial charge in [0.05, 0.1) is 0 Å². The lowest BCUT2D eigenvalue weighted by Gasteiger charge is -2.18. The molecule has 0 saturated carbocycles. The molecule has 0 unspecified atom stereocenters. The van der Waals surface area contributed by atoms with Crippen molar-refractivity contribution in [2.75, 3.05) is 0 Å². The summed E-state index contributed by atoms with van der Waals surface area (Å²) in [7, 11) is 0. The highest BCUT2D eigenvalue weighted by Crippen LogP contribution is 2.28. The first-order valence-electron chi connectivity index (χ1n) is 10.1. The highest BCUT2D eigenvalue weighted by molar-refractivity contribution is 5.29. The lowest BCUT2D eigenvalue weighted by Crippen LogP contribution is -2.11. The highest BCUT2D eigenvalue weighted by atomic mass is 19.3. The summed E-state index contributed by atoms with van der Waals surface area (Å²) < 4.78 is 25.1. The van der Waals surface area contributed by atoms with E-state index in [-0.39, 0.29) is 16.9 Å². The molecule has 158 valence electrons. The number of halogens is 2. The van der Waals surface area contributed by atoms with Gasteiger partial charge in [-0.05, 0) is 47.4 Å². The van der Waals surface area contributed by atoms with Crippen LogP contribution in [0.25, 0.3) is 0 Å². The second kappa shape index (κ2) is 11.9. The fourth-order valence-electron chi connectivity index (χ4n) is 2.45. The van der Waals surface area contributed by atoms with Gasteiger partial charge in [-0.1, -0.05) is 68.4 Å². The van der Waals surface area contributed by atoms with Gasteiger partial charge < -0.3 is 0 Å². The van der Waals surface area contributed by atoms with Crippen molar-refractivity contribution in [3.63, 3.8) is 0 Å². The predicted octanol–water partition coefficient (Wildman–Crippen LogP) is 7.98. The van der Waals surface area contributed by atoms with Crippen LogP contribution in [0, 0.1) is 6.92 Å². The maximum Gasteiger partial charge on any atom is 0.264 e. The minimum atomic E-state index is -2.40. The molecule has 2 aromatic heterocycles. The van der Waals surface area contributed by atoms with E-state index in [1.807, 2.05) is 33.9 Å². The van der Waals surface area contributed by atoms with Crippen molar-refractivity contribution < 1.29 is 8.78 Å². The summed E-state index contributed by atoms with van der Waals surface area (Å²) in [5, 5.41) is 0. The largest absolute Gasteiger partial charge is 0.264 e. The van der Waals surface area contributed by atoms with Gasteiger partial charge in [0.25, 0.3) is 6.43 Å². The van der Waals surface area contributed by atoms with Crippen LogP contribution in [0.5, 0.6) is 0 Å². The summed E-state index contributed by atoms with van der Waals surface area (Å²) in [6.07, 6.45) is 1.13.